The summed E-state index contributed by atoms with van der Waals surface area (Å²) >= 11 is 1.51. The van der Waals surface area contributed by atoms with Crippen molar-refractivity contribution in [3.8, 4) is 22.1 Å². The van der Waals surface area contributed by atoms with Gasteiger partial charge in [0.2, 0.25) is 5.91 Å². The lowest BCUT2D eigenvalue weighted by Gasteiger charge is -2.09. The number of amides is 1. The van der Waals surface area contributed by atoms with Crippen molar-refractivity contribution in [1.29, 1.82) is 0 Å². The minimum atomic E-state index is -0.277. The van der Waals surface area contributed by atoms with Crippen LogP contribution >= 0.6 is 11.3 Å². The van der Waals surface area contributed by atoms with Crippen LogP contribution in [0.4, 0.5) is 0 Å². The molecule has 0 aliphatic heterocycles. The molecule has 8 heteroatoms. The third-order valence-electron chi connectivity index (χ3n) is 3.72. The first-order valence-corrected chi connectivity index (χ1v) is 9.17. The number of ether oxygens (including phenoxy) is 2. The molecule has 140 valence electrons. The molecule has 1 N–H and O–H groups in total. The first kappa shape index (κ1) is 18.7. The fourth-order valence-electron chi connectivity index (χ4n) is 2.35. The Hall–Kier alpha value is -3.13. The molecule has 0 saturated heterocycles. The van der Waals surface area contributed by atoms with Crippen LogP contribution in [0.2, 0.25) is 0 Å². The number of methoxy groups -OCH3 is 1. The van der Waals surface area contributed by atoms with Gasteiger partial charge in [0.25, 0.3) is 5.56 Å². The van der Waals surface area contributed by atoms with Gasteiger partial charge in [-0.2, -0.15) is 0 Å². The van der Waals surface area contributed by atoms with E-state index in [-0.39, 0.29) is 18.0 Å². The standard InChI is InChI=1S/C19H19N3O4S/c1-25-14-4-6-15(7-5-14)26-9-8-20-18(23)12-22-13-21-16(11-19(22)24)17-3-2-10-27-17/h2-7,10-11,13H,8-9,12H2,1H3,(H,20,23). The molecule has 0 atom stereocenters. The number of thiophene rings is 1. The molecule has 0 aliphatic rings. The second-order valence-corrected chi connectivity index (χ2v) is 6.54. The molecule has 0 spiro atoms. The number of hydrogen-bond donors (Lipinski definition) is 1. The Morgan fingerprint density at radius 2 is 2.00 bits per heavy atom. The fraction of sp³-hybridized carbons (Fsp3) is 0.211. The van der Waals surface area contributed by atoms with Crippen molar-refractivity contribution in [2.45, 2.75) is 6.54 Å². The zero-order valence-corrected chi connectivity index (χ0v) is 15.6. The number of aromatic nitrogens is 2. The van der Waals surface area contributed by atoms with Crippen molar-refractivity contribution < 1.29 is 14.3 Å². The lowest BCUT2D eigenvalue weighted by atomic mass is 10.3. The van der Waals surface area contributed by atoms with Gasteiger partial charge >= 0.3 is 0 Å². The summed E-state index contributed by atoms with van der Waals surface area (Å²) in [4.78, 5) is 29.3. The van der Waals surface area contributed by atoms with E-state index in [4.69, 9.17) is 9.47 Å². The maximum Gasteiger partial charge on any atom is 0.254 e. The molecule has 27 heavy (non-hydrogen) atoms. The third-order valence-corrected chi connectivity index (χ3v) is 4.61. The second kappa shape index (κ2) is 9.00. The molecule has 2 aromatic heterocycles. The zero-order chi connectivity index (χ0) is 19.1. The Morgan fingerprint density at radius 1 is 1.22 bits per heavy atom. The topological polar surface area (TPSA) is 82.4 Å². The van der Waals surface area contributed by atoms with Crippen molar-refractivity contribution in [1.82, 2.24) is 14.9 Å². The van der Waals surface area contributed by atoms with Gasteiger partial charge in [0.1, 0.15) is 24.7 Å². The summed E-state index contributed by atoms with van der Waals surface area (Å²) in [6.07, 6.45) is 1.39. The van der Waals surface area contributed by atoms with Crippen LogP contribution in [-0.4, -0.2) is 35.7 Å². The lowest BCUT2D eigenvalue weighted by molar-refractivity contribution is -0.121. The third kappa shape index (κ3) is 5.18. The molecule has 3 rings (SSSR count). The van der Waals surface area contributed by atoms with Gasteiger partial charge in [-0.15, -0.1) is 11.3 Å². The van der Waals surface area contributed by atoms with Crippen molar-refractivity contribution in [3.63, 3.8) is 0 Å². The molecule has 0 radical (unpaired) electrons. The summed E-state index contributed by atoms with van der Waals surface area (Å²) in [7, 11) is 1.60. The molecule has 0 aliphatic carbocycles. The summed E-state index contributed by atoms with van der Waals surface area (Å²) in [5.74, 6) is 1.16. The molecule has 0 unspecified atom stereocenters. The largest absolute Gasteiger partial charge is 0.497 e. The lowest BCUT2D eigenvalue weighted by Crippen LogP contribution is -2.34. The molecular formula is C19H19N3O4S. The summed E-state index contributed by atoms with van der Waals surface area (Å²) in [6.45, 7) is 0.571. The molecule has 0 bridgehead atoms. The molecule has 1 aromatic carbocycles. The van der Waals surface area contributed by atoms with E-state index in [2.05, 4.69) is 10.3 Å². The number of nitrogens with one attached hydrogen (secondary N) is 1. The monoisotopic (exact) mass is 385 g/mol. The van der Waals surface area contributed by atoms with E-state index in [0.29, 0.717) is 24.6 Å². The van der Waals surface area contributed by atoms with Crippen molar-refractivity contribution in [2.75, 3.05) is 20.3 Å². The fourth-order valence-corrected chi connectivity index (χ4v) is 3.04. The number of nitrogens with zero attached hydrogens (tertiary/aromatic N) is 2. The van der Waals surface area contributed by atoms with Gasteiger partial charge < -0.3 is 14.8 Å². The van der Waals surface area contributed by atoms with Crippen LogP contribution in [0.5, 0.6) is 11.5 Å². The van der Waals surface area contributed by atoms with Crippen LogP contribution in [-0.2, 0) is 11.3 Å². The smallest absolute Gasteiger partial charge is 0.254 e. The number of benzene rings is 1. The Labute approximate surface area is 160 Å². The van der Waals surface area contributed by atoms with E-state index in [1.807, 2.05) is 17.5 Å². The highest BCUT2D eigenvalue weighted by atomic mass is 32.1. The van der Waals surface area contributed by atoms with E-state index < -0.39 is 0 Å². The van der Waals surface area contributed by atoms with Crippen LogP contribution in [0.15, 0.2) is 59.0 Å². The average molecular weight is 385 g/mol. The van der Waals surface area contributed by atoms with Gasteiger partial charge in [0.05, 0.1) is 30.6 Å². The summed E-state index contributed by atoms with van der Waals surface area (Å²) < 4.78 is 11.9. The number of carbonyl (C=O) groups is 1. The molecule has 0 saturated carbocycles. The minimum absolute atomic E-state index is 0.0842. The average Bonchev–Trinajstić information content (AvgIpc) is 3.22. The molecule has 7 nitrogen and oxygen atoms in total. The zero-order valence-electron chi connectivity index (χ0n) is 14.8. The highest BCUT2D eigenvalue weighted by Crippen LogP contribution is 2.20. The number of hydrogen-bond acceptors (Lipinski definition) is 6. The maximum atomic E-state index is 12.2. The molecule has 2 heterocycles. The van der Waals surface area contributed by atoms with E-state index in [9.17, 15) is 9.59 Å². The summed E-state index contributed by atoms with van der Waals surface area (Å²) in [5, 5.41) is 4.64. The number of carbonyl (C=O) groups excluding carboxylic acids is 1. The molecule has 0 fully saturated rings. The van der Waals surface area contributed by atoms with Crippen molar-refractivity contribution in [3.05, 3.63) is 64.5 Å². The quantitative estimate of drug-likeness (QED) is 0.601. The molecule has 3 aromatic rings. The Balaban J connectivity index is 1.45. The summed E-state index contributed by atoms with van der Waals surface area (Å²) in [5.41, 5.74) is 0.345. The molecule has 1 amide bonds. The Kier molecular flexibility index (Phi) is 6.22. The van der Waals surface area contributed by atoms with Crippen LogP contribution < -0.4 is 20.3 Å². The Bertz CT molecular complexity index is 936. The number of rotatable bonds is 8. The highest BCUT2D eigenvalue weighted by Gasteiger charge is 2.07. The van der Waals surface area contributed by atoms with Crippen LogP contribution in [0.1, 0.15) is 0 Å². The molecular weight excluding hydrogens is 366 g/mol. The summed E-state index contributed by atoms with van der Waals surface area (Å²) in [6, 6.07) is 12.4. The first-order valence-electron chi connectivity index (χ1n) is 8.29. The van der Waals surface area contributed by atoms with Gasteiger partial charge in [-0.3, -0.25) is 14.2 Å². The highest BCUT2D eigenvalue weighted by molar-refractivity contribution is 7.13. The van der Waals surface area contributed by atoms with E-state index in [1.54, 1.807) is 31.4 Å². The van der Waals surface area contributed by atoms with Gasteiger partial charge in [0, 0.05) is 6.07 Å². The van der Waals surface area contributed by atoms with Gasteiger partial charge in [-0.25, -0.2) is 4.98 Å². The predicted octanol–water partition coefficient (Wildman–Crippen LogP) is 2.18. The predicted molar refractivity (Wildman–Crippen MR) is 103 cm³/mol. The Morgan fingerprint density at radius 3 is 2.67 bits per heavy atom. The SMILES string of the molecule is COc1ccc(OCCNC(=O)Cn2cnc(-c3cccs3)cc2=O)cc1. The van der Waals surface area contributed by atoms with Crippen LogP contribution in [0, 0.1) is 0 Å². The van der Waals surface area contributed by atoms with Crippen molar-refractivity contribution in [2.24, 2.45) is 0 Å². The maximum absolute atomic E-state index is 12.2. The van der Waals surface area contributed by atoms with Gasteiger partial charge in [0.15, 0.2) is 0 Å². The van der Waals surface area contributed by atoms with E-state index >= 15 is 0 Å². The second-order valence-electron chi connectivity index (χ2n) is 5.59. The van der Waals surface area contributed by atoms with Crippen LogP contribution in [0.25, 0.3) is 10.6 Å². The van der Waals surface area contributed by atoms with E-state index in [0.717, 1.165) is 10.6 Å². The van der Waals surface area contributed by atoms with Crippen molar-refractivity contribution >= 4 is 17.2 Å². The first-order chi connectivity index (χ1) is 13.2. The normalized spacial score (nSPS) is 10.4. The minimum Gasteiger partial charge on any atom is -0.497 e. The van der Waals surface area contributed by atoms with Gasteiger partial charge in [-0.1, -0.05) is 6.07 Å². The van der Waals surface area contributed by atoms with Crippen LogP contribution in [0.3, 0.4) is 0 Å². The van der Waals surface area contributed by atoms with Gasteiger partial charge in [-0.05, 0) is 35.7 Å². The van der Waals surface area contributed by atoms with E-state index in [1.165, 1.54) is 28.3 Å².